The molecule has 1 aliphatic heterocycles. The second-order valence-electron chi connectivity index (χ2n) is 7.27. The normalized spacial score (nSPS) is 19.9. The van der Waals surface area contributed by atoms with Crippen molar-refractivity contribution in [1.82, 2.24) is 9.62 Å². The summed E-state index contributed by atoms with van der Waals surface area (Å²) < 4.78 is 32.6. The molecule has 1 aliphatic rings. The molecule has 0 saturated carbocycles. The number of nitrogens with one attached hydrogen (secondary N) is 1. The van der Waals surface area contributed by atoms with E-state index in [-0.39, 0.29) is 22.4 Å². The quantitative estimate of drug-likeness (QED) is 0.787. The number of sulfonamides is 1. The molecule has 1 heterocycles. The molecule has 1 amide bonds. The Kier molecular flexibility index (Phi) is 6.82. The summed E-state index contributed by atoms with van der Waals surface area (Å²) >= 11 is 0. The highest BCUT2D eigenvalue weighted by Crippen LogP contribution is 2.28. The topological polar surface area (TPSA) is 75.7 Å². The zero-order chi connectivity index (χ0) is 19.4. The molecule has 1 unspecified atom stereocenters. The van der Waals surface area contributed by atoms with Gasteiger partial charge in [-0.05, 0) is 64.3 Å². The number of benzene rings is 1. The fraction of sp³-hybridized carbons (Fsp3) is 0.632. The summed E-state index contributed by atoms with van der Waals surface area (Å²) in [7, 11) is -3.52. The molecule has 2 rings (SSSR count). The van der Waals surface area contributed by atoms with Crippen LogP contribution in [0.15, 0.2) is 29.2 Å². The summed E-state index contributed by atoms with van der Waals surface area (Å²) in [5, 5.41) is 0. The van der Waals surface area contributed by atoms with Gasteiger partial charge in [-0.25, -0.2) is 13.1 Å². The van der Waals surface area contributed by atoms with Crippen molar-refractivity contribution in [3.8, 4) is 0 Å². The van der Waals surface area contributed by atoms with Crippen molar-refractivity contribution in [2.24, 2.45) is 0 Å². The molecule has 0 aromatic heterocycles. The molecule has 26 heavy (non-hydrogen) atoms. The van der Waals surface area contributed by atoms with E-state index in [9.17, 15) is 13.2 Å². The first-order valence-corrected chi connectivity index (χ1v) is 10.7. The van der Waals surface area contributed by atoms with E-state index in [1.165, 1.54) is 12.1 Å². The third-order valence-electron chi connectivity index (χ3n) is 4.67. The van der Waals surface area contributed by atoms with Gasteiger partial charge < -0.3 is 9.64 Å². The Balaban J connectivity index is 2.15. The first-order chi connectivity index (χ1) is 12.2. The van der Waals surface area contributed by atoms with Crippen LogP contribution in [0.4, 0.5) is 0 Å². The molecule has 146 valence electrons. The number of hydrogen-bond acceptors (Lipinski definition) is 4. The molecule has 0 radical (unpaired) electrons. The Morgan fingerprint density at radius 1 is 1.27 bits per heavy atom. The average molecular weight is 383 g/mol. The smallest absolute Gasteiger partial charge is 0.254 e. The average Bonchev–Trinajstić information content (AvgIpc) is 2.60. The lowest BCUT2D eigenvalue weighted by atomic mass is 9.92. The maximum atomic E-state index is 12.9. The standard InChI is InChI=1S/C19H30N2O4S/c1-5-12-20-26(23,24)17-9-7-15(8-10-17)18(22)21(6-2)16-11-13-25-19(3,4)14-16/h7-10,16,20H,5-6,11-14H2,1-4H3. The largest absolute Gasteiger partial charge is 0.375 e. The lowest BCUT2D eigenvalue weighted by molar-refractivity contribution is -0.0777. The monoisotopic (exact) mass is 382 g/mol. The van der Waals surface area contributed by atoms with Crippen molar-refractivity contribution >= 4 is 15.9 Å². The molecule has 6 nitrogen and oxygen atoms in total. The van der Waals surface area contributed by atoms with E-state index >= 15 is 0 Å². The van der Waals surface area contributed by atoms with Crippen LogP contribution in [0.5, 0.6) is 0 Å². The summed E-state index contributed by atoms with van der Waals surface area (Å²) in [6, 6.07) is 6.30. The van der Waals surface area contributed by atoms with Gasteiger partial charge in [-0.15, -0.1) is 0 Å². The summed E-state index contributed by atoms with van der Waals surface area (Å²) in [5.74, 6) is -0.0688. The second-order valence-corrected chi connectivity index (χ2v) is 9.04. The Bertz CT molecular complexity index is 714. The minimum Gasteiger partial charge on any atom is -0.375 e. The lowest BCUT2D eigenvalue weighted by Gasteiger charge is -2.41. The highest BCUT2D eigenvalue weighted by Gasteiger charge is 2.34. The summed E-state index contributed by atoms with van der Waals surface area (Å²) in [6.45, 7) is 9.60. The molecule has 1 aromatic rings. The van der Waals surface area contributed by atoms with E-state index < -0.39 is 10.0 Å². The van der Waals surface area contributed by atoms with E-state index in [2.05, 4.69) is 4.72 Å². The van der Waals surface area contributed by atoms with Gasteiger partial charge in [0.05, 0.1) is 10.5 Å². The number of ether oxygens (including phenoxy) is 1. The molecule has 1 N–H and O–H groups in total. The zero-order valence-electron chi connectivity index (χ0n) is 16.1. The van der Waals surface area contributed by atoms with E-state index in [4.69, 9.17) is 4.74 Å². The minimum absolute atomic E-state index is 0.0688. The van der Waals surface area contributed by atoms with Crippen LogP contribution in [0.3, 0.4) is 0 Å². The van der Waals surface area contributed by atoms with Gasteiger partial charge in [-0.1, -0.05) is 6.92 Å². The zero-order valence-corrected chi connectivity index (χ0v) is 16.9. The van der Waals surface area contributed by atoms with E-state index in [0.29, 0.717) is 25.3 Å². The third kappa shape index (κ3) is 5.05. The minimum atomic E-state index is -3.52. The number of nitrogens with zero attached hydrogens (tertiary/aromatic N) is 1. The summed E-state index contributed by atoms with van der Waals surface area (Å²) in [4.78, 5) is 15.0. The highest BCUT2D eigenvalue weighted by molar-refractivity contribution is 7.89. The summed E-state index contributed by atoms with van der Waals surface area (Å²) in [6.07, 6.45) is 2.33. The second kappa shape index (κ2) is 8.50. The van der Waals surface area contributed by atoms with Gasteiger partial charge in [0, 0.05) is 31.3 Å². The van der Waals surface area contributed by atoms with Crippen molar-refractivity contribution in [2.75, 3.05) is 19.7 Å². The first-order valence-electron chi connectivity index (χ1n) is 9.25. The molecule has 0 bridgehead atoms. The maximum Gasteiger partial charge on any atom is 0.254 e. The molecule has 1 atom stereocenters. The number of amides is 1. The molecule has 1 saturated heterocycles. The predicted molar refractivity (Wildman–Crippen MR) is 102 cm³/mol. The Labute approximate surface area is 157 Å². The number of carbonyl (C=O) groups is 1. The molecule has 0 aliphatic carbocycles. The molecule has 1 fully saturated rings. The fourth-order valence-corrected chi connectivity index (χ4v) is 4.43. The van der Waals surface area contributed by atoms with Crippen LogP contribution in [0.1, 0.15) is 57.3 Å². The van der Waals surface area contributed by atoms with Crippen molar-refractivity contribution in [2.45, 2.75) is 63.5 Å². The Morgan fingerprint density at radius 2 is 1.92 bits per heavy atom. The Hall–Kier alpha value is -1.44. The molecule has 7 heteroatoms. The molecule has 0 spiro atoms. The van der Waals surface area contributed by atoms with Crippen LogP contribution in [-0.2, 0) is 14.8 Å². The van der Waals surface area contributed by atoms with Crippen LogP contribution in [-0.4, -0.2) is 50.6 Å². The summed E-state index contributed by atoms with van der Waals surface area (Å²) in [5.41, 5.74) is 0.269. The SMILES string of the molecule is CCCNS(=O)(=O)c1ccc(C(=O)N(CC)C2CCOC(C)(C)C2)cc1. The molecule has 1 aromatic carbocycles. The van der Waals surface area contributed by atoms with Crippen LogP contribution < -0.4 is 4.72 Å². The van der Waals surface area contributed by atoms with Gasteiger partial charge in [0.2, 0.25) is 10.0 Å². The number of hydrogen-bond donors (Lipinski definition) is 1. The molecular weight excluding hydrogens is 352 g/mol. The van der Waals surface area contributed by atoms with E-state index in [0.717, 1.165) is 19.3 Å². The first kappa shape index (κ1) is 20.9. The van der Waals surface area contributed by atoms with Crippen molar-refractivity contribution in [3.05, 3.63) is 29.8 Å². The maximum absolute atomic E-state index is 12.9. The number of carbonyl (C=O) groups excluding carboxylic acids is 1. The van der Waals surface area contributed by atoms with Crippen LogP contribution in [0.25, 0.3) is 0 Å². The van der Waals surface area contributed by atoms with Gasteiger partial charge >= 0.3 is 0 Å². The van der Waals surface area contributed by atoms with Crippen molar-refractivity contribution in [1.29, 1.82) is 0 Å². The lowest BCUT2D eigenvalue weighted by Crippen LogP contribution is -2.48. The van der Waals surface area contributed by atoms with Crippen LogP contribution in [0, 0.1) is 0 Å². The fourth-order valence-electron chi connectivity index (χ4n) is 3.30. The van der Waals surface area contributed by atoms with Crippen molar-refractivity contribution in [3.63, 3.8) is 0 Å². The predicted octanol–water partition coefficient (Wildman–Crippen LogP) is 2.79. The van der Waals surface area contributed by atoms with Crippen molar-refractivity contribution < 1.29 is 17.9 Å². The number of rotatable bonds is 7. The van der Waals surface area contributed by atoms with Gasteiger partial charge in [-0.3, -0.25) is 4.79 Å². The van der Waals surface area contributed by atoms with Gasteiger partial charge in [-0.2, -0.15) is 0 Å². The van der Waals surface area contributed by atoms with Crippen LogP contribution in [0.2, 0.25) is 0 Å². The van der Waals surface area contributed by atoms with Crippen LogP contribution >= 0.6 is 0 Å². The van der Waals surface area contributed by atoms with Gasteiger partial charge in [0.15, 0.2) is 0 Å². The highest BCUT2D eigenvalue weighted by atomic mass is 32.2. The third-order valence-corrected chi connectivity index (χ3v) is 6.14. The van der Waals surface area contributed by atoms with Gasteiger partial charge in [0.25, 0.3) is 5.91 Å². The molecular formula is C19H30N2O4S. The van der Waals surface area contributed by atoms with Gasteiger partial charge in [0.1, 0.15) is 0 Å². The van der Waals surface area contributed by atoms with E-state index in [1.54, 1.807) is 12.1 Å². The van der Waals surface area contributed by atoms with E-state index in [1.807, 2.05) is 32.6 Å². The Morgan fingerprint density at radius 3 is 2.46 bits per heavy atom.